The largest absolute Gasteiger partial charge is 0.363 e. The van der Waals surface area contributed by atoms with Crippen molar-refractivity contribution in [1.82, 2.24) is 5.01 Å². The molecule has 1 aliphatic rings. The number of hydrazine groups is 1. The van der Waals surface area contributed by atoms with E-state index in [1.165, 1.54) is 5.01 Å². The van der Waals surface area contributed by atoms with Crippen LogP contribution in [0, 0.1) is 0 Å². The third-order valence-corrected chi connectivity index (χ3v) is 2.44. The molecule has 14 heavy (non-hydrogen) atoms. The predicted molar refractivity (Wildman–Crippen MR) is 54.5 cm³/mol. The first-order chi connectivity index (χ1) is 6.74. The second-order valence-electron chi connectivity index (χ2n) is 3.33. The summed E-state index contributed by atoms with van der Waals surface area (Å²) in [6.07, 6.45) is 0.689. The van der Waals surface area contributed by atoms with Crippen molar-refractivity contribution < 1.29 is 4.79 Å². The number of hydrogen-bond donors (Lipinski definition) is 2. The number of fused-ring (bicyclic) bond motifs is 1. The van der Waals surface area contributed by atoms with Gasteiger partial charge in [0.1, 0.15) is 6.17 Å². The van der Waals surface area contributed by atoms with Crippen molar-refractivity contribution in [3.63, 3.8) is 0 Å². The lowest BCUT2D eigenvalue weighted by atomic mass is 10.1. The number of anilines is 1. The van der Waals surface area contributed by atoms with Crippen molar-refractivity contribution in [2.75, 3.05) is 5.32 Å². The zero-order chi connectivity index (χ0) is 10.1. The van der Waals surface area contributed by atoms with Gasteiger partial charge in [0.2, 0.25) is 0 Å². The second kappa shape index (κ2) is 3.31. The van der Waals surface area contributed by atoms with Gasteiger partial charge in [-0.1, -0.05) is 19.1 Å². The minimum absolute atomic E-state index is 0.0996. The molecule has 1 unspecified atom stereocenters. The number of amides is 1. The molecule has 0 aromatic heterocycles. The fourth-order valence-corrected chi connectivity index (χ4v) is 1.62. The van der Waals surface area contributed by atoms with Crippen LogP contribution in [0.25, 0.3) is 0 Å². The van der Waals surface area contributed by atoms with E-state index < -0.39 is 0 Å². The fraction of sp³-hybridized carbons (Fsp3) is 0.300. The number of hydrogen-bond acceptors (Lipinski definition) is 3. The molecule has 1 atom stereocenters. The summed E-state index contributed by atoms with van der Waals surface area (Å²) in [6, 6.07) is 7.40. The van der Waals surface area contributed by atoms with Crippen LogP contribution < -0.4 is 11.2 Å². The maximum Gasteiger partial charge on any atom is 0.271 e. The third kappa shape index (κ3) is 1.24. The smallest absolute Gasteiger partial charge is 0.271 e. The Kier molecular flexibility index (Phi) is 2.13. The summed E-state index contributed by atoms with van der Waals surface area (Å²) in [5.41, 5.74) is 1.51. The van der Waals surface area contributed by atoms with Gasteiger partial charge in [0.25, 0.3) is 5.91 Å². The molecule has 0 aliphatic carbocycles. The molecule has 0 spiro atoms. The quantitative estimate of drug-likeness (QED) is 0.517. The van der Waals surface area contributed by atoms with Crippen LogP contribution in [0.5, 0.6) is 0 Å². The number of carbonyl (C=O) groups is 1. The zero-order valence-electron chi connectivity index (χ0n) is 8.03. The molecule has 0 saturated carbocycles. The summed E-state index contributed by atoms with van der Waals surface area (Å²) in [5, 5.41) is 4.46. The van der Waals surface area contributed by atoms with E-state index in [4.69, 9.17) is 5.84 Å². The van der Waals surface area contributed by atoms with Crippen molar-refractivity contribution in [1.29, 1.82) is 0 Å². The van der Waals surface area contributed by atoms with E-state index in [2.05, 4.69) is 5.32 Å². The second-order valence-corrected chi connectivity index (χ2v) is 3.33. The van der Waals surface area contributed by atoms with Crippen molar-refractivity contribution in [2.45, 2.75) is 19.5 Å². The first-order valence-corrected chi connectivity index (χ1v) is 4.68. The van der Waals surface area contributed by atoms with Gasteiger partial charge >= 0.3 is 0 Å². The van der Waals surface area contributed by atoms with Gasteiger partial charge in [0.15, 0.2) is 0 Å². The Morgan fingerprint density at radius 3 is 2.93 bits per heavy atom. The Morgan fingerprint density at radius 1 is 1.50 bits per heavy atom. The number of nitrogens with zero attached hydrogens (tertiary/aromatic N) is 1. The fourth-order valence-electron chi connectivity index (χ4n) is 1.62. The van der Waals surface area contributed by atoms with Crippen LogP contribution in [0.15, 0.2) is 24.3 Å². The Morgan fingerprint density at radius 2 is 2.21 bits per heavy atom. The van der Waals surface area contributed by atoms with Crippen molar-refractivity contribution in [3.8, 4) is 0 Å². The molecule has 2 rings (SSSR count). The first kappa shape index (κ1) is 9.02. The van der Waals surface area contributed by atoms with Gasteiger partial charge in [-0.05, 0) is 18.6 Å². The van der Waals surface area contributed by atoms with E-state index in [1.54, 1.807) is 6.07 Å². The molecule has 0 bridgehead atoms. The number of rotatable bonds is 1. The Balaban J connectivity index is 2.42. The third-order valence-electron chi connectivity index (χ3n) is 2.44. The van der Waals surface area contributed by atoms with Crippen LogP contribution in [0.4, 0.5) is 5.69 Å². The summed E-state index contributed by atoms with van der Waals surface area (Å²) in [7, 11) is 0. The monoisotopic (exact) mass is 191 g/mol. The average Bonchev–Trinajstić information content (AvgIpc) is 2.23. The topological polar surface area (TPSA) is 58.4 Å². The molecular formula is C10H13N3O. The molecule has 0 saturated heterocycles. The lowest BCUT2D eigenvalue weighted by Crippen LogP contribution is -2.52. The van der Waals surface area contributed by atoms with Crippen molar-refractivity contribution in [3.05, 3.63) is 29.8 Å². The van der Waals surface area contributed by atoms with Crippen molar-refractivity contribution >= 4 is 11.6 Å². The van der Waals surface area contributed by atoms with E-state index in [0.717, 1.165) is 12.1 Å². The van der Waals surface area contributed by atoms with E-state index in [1.807, 2.05) is 25.1 Å². The average molecular weight is 191 g/mol. The summed E-state index contributed by atoms with van der Waals surface area (Å²) in [6.45, 7) is 1.98. The van der Waals surface area contributed by atoms with E-state index >= 15 is 0 Å². The molecule has 0 radical (unpaired) electrons. The summed E-state index contributed by atoms with van der Waals surface area (Å²) in [5.74, 6) is 5.55. The molecule has 3 N–H and O–H groups in total. The van der Waals surface area contributed by atoms with Gasteiger partial charge in [0.05, 0.1) is 5.56 Å². The first-order valence-electron chi connectivity index (χ1n) is 4.68. The van der Waals surface area contributed by atoms with Crippen LogP contribution in [0.2, 0.25) is 0 Å². The van der Waals surface area contributed by atoms with Crippen LogP contribution in [0.1, 0.15) is 23.7 Å². The standard InChI is InChI=1S/C10H13N3O/c1-2-9-12-8-6-4-3-5-7(8)10(14)13(9)11/h3-6,9,12H,2,11H2,1H3. The molecule has 74 valence electrons. The highest BCUT2D eigenvalue weighted by molar-refractivity contribution is 6.01. The molecule has 1 heterocycles. The van der Waals surface area contributed by atoms with Gasteiger partial charge in [0, 0.05) is 5.69 Å². The minimum Gasteiger partial charge on any atom is -0.363 e. The number of nitrogens with one attached hydrogen (secondary N) is 1. The van der Waals surface area contributed by atoms with Crippen LogP contribution in [-0.4, -0.2) is 17.1 Å². The van der Waals surface area contributed by atoms with E-state index in [-0.39, 0.29) is 12.1 Å². The summed E-state index contributed by atoms with van der Waals surface area (Å²) in [4.78, 5) is 11.7. The normalized spacial score (nSPS) is 20.3. The summed E-state index contributed by atoms with van der Waals surface area (Å²) < 4.78 is 0. The minimum atomic E-state index is -0.119. The molecule has 1 amide bonds. The Labute approximate surface area is 82.7 Å². The molecular weight excluding hydrogens is 178 g/mol. The predicted octanol–water partition coefficient (Wildman–Crippen LogP) is 1.16. The van der Waals surface area contributed by atoms with E-state index in [0.29, 0.717) is 5.56 Å². The van der Waals surface area contributed by atoms with Gasteiger partial charge in [-0.3, -0.25) is 9.80 Å². The lowest BCUT2D eigenvalue weighted by molar-refractivity contribution is 0.0680. The van der Waals surface area contributed by atoms with Gasteiger partial charge in [-0.15, -0.1) is 0 Å². The van der Waals surface area contributed by atoms with Gasteiger partial charge < -0.3 is 5.32 Å². The molecule has 0 fully saturated rings. The van der Waals surface area contributed by atoms with Gasteiger partial charge in [-0.2, -0.15) is 0 Å². The Bertz CT molecular complexity index is 364. The van der Waals surface area contributed by atoms with Gasteiger partial charge in [-0.25, -0.2) is 5.84 Å². The molecule has 1 aliphatic heterocycles. The lowest BCUT2D eigenvalue weighted by Gasteiger charge is -2.33. The highest BCUT2D eigenvalue weighted by Gasteiger charge is 2.27. The number of benzene rings is 1. The van der Waals surface area contributed by atoms with Crippen molar-refractivity contribution in [2.24, 2.45) is 5.84 Å². The van der Waals surface area contributed by atoms with Crippen LogP contribution in [-0.2, 0) is 0 Å². The maximum atomic E-state index is 11.7. The summed E-state index contributed by atoms with van der Waals surface area (Å²) >= 11 is 0. The Hall–Kier alpha value is -1.55. The number of carbonyl (C=O) groups excluding carboxylic acids is 1. The van der Waals surface area contributed by atoms with Crippen LogP contribution in [0.3, 0.4) is 0 Å². The van der Waals surface area contributed by atoms with E-state index in [9.17, 15) is 4.79 Å². The highest BCUT2D eigenvalue weighted by atomic mass is 16.2. The molecule has 1 aromatic rings. The highest BCUT2D eigenvalue weighted by Crippen LogP contribution is 2.23. The molecule has 4 nitrogen and oxygen atoms in total. The molecule has 4 heteroatoms. The SMILES string of the molecule is CCC1Nc2ccccc2C(=O)N1N. The zero-order valence-corrected chi connectivity index (χ0v) is 8.03. The maximum absolute atomic E-state index is 11.7. The van der Waals surface area contributed by atoms with Crippen LogP contribution >= 0.6 is 0 Å². The number of para-hydroxylation sites is 1. The number of nitrogens with two attached hydrogens (primary N) is 1. The molecule has 1 aromatic carbocycles.